The highest BCUT2D eigenvalue weighted by Crippen LogP contribution is 2.21. The first-order chi connectivity index (χ1) is 12.6. The number of pyridine rings is 1. The summed E-state index contributed by atoms with van der Waals surface area (Å²) in [6, 6.07) is 6.36. The van der Waals surface area contributed by atoms with Gasteiger partial charge in [0.25, 0.3) is 5.91 Å². The number of furan rings is 1. The Balaban J connectivity index is 1.42. The van der Waals surface area contributed by atoms with Crippen LogP contribution in [0.1, 0.15) is 29.1 Å². The molecule has 0 aromatic carbocycles. The van der Waals surface area contributed by atoms with Crippen molar-refractivity contribution in [3.05, 3.63) is 59.4 Å². The van der Waals surface area contributed by atoms with Crippen LogP contribution in [-0.4, -0.2) is 38.7 Å². The lowest BCUT2D eigenvalue weighted by molar-refractivity contribution is -0.125. The van der Waals surface area contributed by atoms with E-state index in [4.69, 9.17) is 16.0 Å². The number of amides is 2. The highest BCUT2D eigenvalue weighted by Gasteiger charge is 2.35. The van der Waals surface area contributed by atoms with Crippen molar-refractivity contribution >= 4 is 29.1 Å². The maximum atomic E-state index is 12.6. The van der Waals surface area contributed by atoms with Gasteiger partial charge >= 0.3 is 0 Å². The molecule has 1 atom stereocenters. The number of nitrogens with zero attached hydrogens (tertiary/aromatic N) is 3. The third-order valence-corrected chi connectivity index (χ3v) is 4.68. The summed E-state index contributed by atoms with van der Waals surface area (Å²) in [5.74, 6) is -0.186. The normalized spacial score (nSPS) is 17.0. The fourth-order valence-electron chi connectivity index (χ4n) is 3.22. The zero-order chi connectivity index (χ0) is 18.1. The molecule has 0 radical (unpaired) electrons. The van der Waals surface area contributed by atoms with Gasteiger partial charge in [-0.2, -0.15) is 0 Å². The molecular formula is C18H17ClN4O3. The predicted octanol–water partition coefficient (Wildman–Crippen LogP) is 2.50. The number of hydrogen-bond acceptors (Lipinski definition) is 4. The lowest BCUT2D eigenvalue weighted by Gasteiger charge is -2.22. The van der Waals surface area contributed by atoms with Gasteiger partial charge in [-0.1, -0.05) is 11.6 Å². The summed E-state index contributed by atoms with van der Waals surface area (Å²) in [4.78, 5) is 31.1. The first kappa shape index (κ1) is 16.7. The quantitative estimate of drug-likeness (QED) is 0.763. The van der Waals surface area contributed by atoms with E-state index in [1.807, 2.05) is 16.7 Å². The Morgan fingerprint density at radius 1 is 1.31 bits per heavy atom. The fraction of sp³-hybridized carbons (Fsp3) is 0.278. The lowest BCUT2D eigenvalue weighted by atomic mass is 10.2. The van der Waals surface area contributed by atoms with Crippen LogP contribution in [0.5, 0.6) is 0 Å². The number of fused-ring (bicyclic) bond motifs is 1. The number of imidazole rings is 1. The van der Waals surface area contributed by atoms with Crippen molar-refractivity contribution in [1.29, 1.82) is 0 Å². The molecule has 2 amide bonds. The van der Waals surface area contributed by atoms with Gasteiger partial charge in [0.2, 0.25) is 5.91 Å². The summed E-state index contributed by atoms with van der Waals surface area (Å²) in [7, 11) is 0. The zero-order valence-electron chi connectivity index (χ0n) is 13.9. The van der Waals surface area contributed by atoms with Crippen LogP contribution in [0.4, 0.5) is 0 Å². The third kappa shape index (κ3) is 3.17. The molecule has 3 aromatic rings. The molecule has 0 aliphatic carbocycles. The van der Waals surface area contributed by atoms with E-state index in [0.717, 1.165) is 17.8 Å². The minimum absolute atomic E-state index is 0.183. The minimum Gasteiger partial charge on any atom is -0.459 e. The number of carbonyl (C=O) groups excluding carboxylic acids is 2. The van der Waals surface area contributed by atoms with E-state index in [9.17, 15) is 9.59 Å². The third-order valence-electron chi connectivity index (χ3n) is 4.46. The van der Waals surface area contributed by atoms with Crippen molar-refractivity contribution in [1.82, 2.24) is 19.6 Å². The van der Waals surface area contributed by atoms with Crippen LogP contribution in [0.15, 0.2) is 47.3 Å². The second-order valence-corrected chi connectivity index (χ2v) is 6.63. The second-order valence-electron chi connectivity index (χ2n) is 6.20. The maximum Gasteiger partial charge on any atom is 0.290 e. The van der Waals surface area contributed by atoms with Gasteiger partial charge in [0.05, 0.1) is 23.5 Å². The van der Waals surface area contributed by atoms with Gasteiger partial charge in [-0.15, -0.1) is 0 Å². The van der Waals surface area contributed by atoms with E-state index >= 15 is 0 Å². The summed E-state index contributed by atoms with van der Waals surface area (Å²) < 4.78 is 6.97. The van der Waals surface area contributed by atoms with E-state index in [0.29, 0.717) is 18.0 Å². The van der Waals surface area contributed by atoms with Crippen LogP contribution in [0.3, 0.4) is 0 Å². The smallest absolute Gasteiger partial charge is 0.290 e. The van der Waals surface area contributed by atoms with Crippen LogP contribution >= 0.6 is 11.6 Å². The number of halogens is 1. The van der Waals surface area contributed by atoms with E-state index in [2.05, 4.69) is 10.3 Å². The van der Waals surface area contributed by atoms with Crippen molar-refractivity contribution in [3.63, 3.8) is 0 Å². The van der Waals surface area contributed by atoms with Crippen molar-refractivity contribution < 1.29 is 14.0 Å². The second kappa shape index (κ2) is 6.84. The molecule has 1 aliphatic rings. The first-order valence-electron chi connectivity index (χ1n) is 8.37. The Kier molecular flexibility index (Phi) is 4.38. The molecule has 0 bridgehead atoms. The van der Waals surface area contributed by atoms with Gasteiger partial charge in [-0.25, -0.2) is 4.98 Å². The molecule has 7 nitrogen and oxygen atoms in total. The Morgan fingerprint density at radius 2 is 2.19 bits per heavy atom. The summed E-state index contributed by atoms with van der Waals surface area (Å²) in [5, 5.41) is 3.49. The van der Waals surface area contributed by atoms with Crippen LogP contribution in [0, 0.1) is 0 Å². The van der Waals surface area contributed by atoms with Crippen LogP contribution in [0.25, 0.3) is 5.65 Å². The molecule has 26 heavy (non-hydrogen) atoms. The Labute approximate surface area is 154 Å². The Bertz CT molecular complexity index is 951. The van der Waals surface area contributed by atoms with Gasteiger partial charge in [0.1, 0.15) is 11.7 Å². The first-order valence-corrected chi connectivity index (χ1v) is 8.75. The van der Waals surface area contributed by atoms with Crippen molar-refractivity contribution in [2.24, 2.45) is 0 Å². The molecule has 134 valence electrons. The van der Waals surface area contributed by atoms with Gasteiger partial charge in [0, 0.05) is 18.9 Å². The van der Waals surface area contributed by atoms with E-state index in [-0.39, 0.29) is 24.1 Å². The number of likely N-dealkylation sites (tertiary alicyclic amines) is 1. The van der Waals surface area contributed by atoms with Crippen LogP contribution in [-0.2, 0) is 11.3 Å². The summed E-state index contributed by atoms with van der Waals surface area (Å²) in [6.07, 6.45) is 6.46. The number of aromatic nitrogens is 2. The molecule has 4 heterocycles. The number of rotatable bonds is 4. The molecule has 0 saturated carbocycles. The lowest BCUT2D eigenvalue weighted by Crippen LogP contribution is -2.45. The van der Waals surface area contributed by atoms with Gasteiger partial charge in [-0.05, 0) is 37.1 Å². The summed E-state index contributed by atoms with van der Waals surface area (Å²) in [6.45, 7) is 0.835. The topological polar surface area (TPSA) is 79.9 Å². The van der Waals surface area contributed by atoms with Crippen LogP contribution < -0.4 is 5.32 Å². The Morgan fingerprint density at radius 3 is 3.00 bits per heavy atom. The summed E-state index contributed by atoms with van der Waals surface area (Å²) >= 11 is 5.97. The van der Waals surface area contributed by atoms with E-state index in [1.165, 1.54) is 6.26 Å². The predicted molar refractivity (Wildman–Crippen MR) is 94.8 cm³/mol. The monoisotopic (exact) mass is 372 g/mol. The average Bonchev–Trinajstić information content (AvgIpc) is 3.38. The van der Waals surface area contributed by atoms with Crippen molar-refractivity contribution in [2.75, 3.05) is 6.54 Å². The molecule has 0 spiro atoms. The average molecular weight is 373 g/mol. The largest absolute Gasteiger partial charge is 0.459 e. The Hall–Kier alpha value is -2.80. The molecule has 1 saturated heterocycles. The van der Waals surface area contributed by atoms with Crippen molar-refractivity contribution in [3.8, 4) is 0 Å². The molecular weight excluding hydrogens is 356 g/mol. The van der Waals surface area contributed by atoms with Gasteiger partial charge < -0.3 is 19.0 Å². The zero-order valence-corrected chi connectivity index (χ0v) is 14.6. The molecule has 1 fully saturated rings. The van der Waals surface area contributed by atoms with E-state index in [1.54, 1.807) is 29.3 Å². The van der Waals surface area contributed by atoms with Crippen molar-refractivity contribution in [2.45, 2.75) is 25.4 Å². The molecule has 3 aromatic heterocycles. The fourth-order valence-corrected chi connectivity index (χ4v) is 3.39. The number of nitrogens with one attached hydrogen (secondary N) is 1. The molecule has 4 rings (SSSR count). The molecule has 1 unspecified atom stereocenters. The summed E-state index contributed by atoms with van der Waals surface area (Å²) in [5.41, 5.74) is 1.48. The molecule has 1 aliphatic heterocycles. The highest BCUT2D eigenvalue weighted by molar-refractivity contribution is 6.30. The maximum absolute atomic E-state index is 12.6. The highest BCUT2D eigenvalue weighted by atomic mass is 35.5. The van der Waals surface area contributed by atoms with Gasteiger partial charge in [-0.3, -0.25) is 9.59 Å². The SMILES string of the molecule is O=C(NCc1cn2cc(Cl)ccc2n1)C1CCCN1C(=O)c1ccco1. The van der Waals surface area contributed by atoms with Gasteiger partial charge in [0.15, 0.2) is 5.76 Å². The minimum atomic E-state index is -0.487. The molecule has 1 N–H and O–H groups in total. The number of carbonyl (C=O) groups is 2. The standard InChI is InChI=1S/C18H17ClN4O3/c19-12-5-6-16-21-13(11-22(16)10-12)9-20-17(24)14-3-1-7-23(14)18(25)15-4-2-8-26-15/h2,4-6,8,10-11,14H,1,3,7,9H2,(H,20,24). The van der Waals surface area contributed by atoms with Crippen LogP contribution in [0.2, 0.25) is 5.02 Å². The number of hydrogen-bond donors (Lipinski definition) is 1. The molecule has 8 heteroatoms. The van der Waals surface area contributed by atoms with E-state index < -0.39 is 6.04 Å².